The molecular weight excluding hydrogens is 368 g/mol. The molecule has 0 saturated heterocycles. The highest BCUT2D eigenvalue weighted by Crippen LogP contribution is 2.31. The number of hydrogen-bond donors (Lipinski definition) is 1. The Morgan fingerprint density at radius 2 is 1.89 bits per heavy atom. The molecule has 1 aliphatic carbocycles. The summed E-state index contributed by atoms with van der Waals surface area (Å²) in [7, 11) is 0. The lowest BCUT2D eigenvalue weighted by atomic mass is 10.1. The number of hydrogen-bond acceptors (Lipinski definition) is 7. The standard InChI is InChI=1S/C21H20N6S/c1-2-4-15(3-1)25-21-19-18(6-10-28-19)26-20(27-21)14-5-7-23-16(11-14)12-17-13-22-8-9-24-17/h5-11,13,15H,1-4,12H2,(H,25,26,27). The van der Waals surface area contributed by atoms with E-state index >= 15 is 0 Å². The molecule has 140 valence electrons. The monoisotopic (exact) mass is 388 g/mol. The predicted octanol–water partition coefficient (Wildman–Crippen LogP) is 4.49. The third-order valence-electron chi connectivity index (χ3n) is 5.05. The molecule has 0 aromatic carbocycles. The third-order valence-corrected chi connectivity index (χ3v) is 5.96. The summed E-state index contributed by atoms with van der Waals surface area (Å²) in [5.41, 5.74) is 3.78. The maximum atomic E-state index is 4.89. The van der Waals surface area contributed by atoms with Crippen molar-refractivity contribution in [2.75, 3.05) is 5.32 Å². The molecule has 0 bridgehead atoms. The van der Waals surface area contributed by atoms with Crippen LogP contribution in [-0.2, 0) is 6.42 Å². The summed E-state index contributed by atoms with van der Waals surface area (Å²) in [4.78, 5) is 22.6. The van der Waals surface area contributed by atoms with Crippen molar-refractivity contribution in [2.45, 2.75) is 38.1 Å². The molecule has 4 aromatic rings. The number of nitrogens with one attached hydrogen (secondary N) is 1. The molecule has 4 heterocycles. The quantitative estimate of drug-likeness (QED) is 0.543. The van der Waals surface area contributed by atoms with Gasteiger partial charge in [0.15, 0.2) is 5.82 Å². The van der Waals surface area contributed by atoms with Gasteiger partial charge < -0.3 is 5.32 Å². The van der Waals surface area contributed by atoms with E-state index in [0.29, 0.717) is 12.5 Å². The van der Waals surface area contributed by atoms with E-state index < -0.39 is 0 Å². The van der Waals surface area contributed by atoms with Crippen molar-refractivity contribution in [2.24, 2.45) is 0 Å². The Balaban J connectivity index is 1.49. The molecule has 0 amide bonds. The zero-order valence-corrected chi connectivity index (χ0v) is 16.2. The number of aromatic nitrogens is 5. The molecule has 0 unspecified atom stereocenters. The van der Waals surface area contributed by atoms with Gasteiger partial charge in [-0.1, -0.05) is 12.8 Å². The van der Waals surface area contributed by atoms with Gasteiger partial charge in [-0.15, -0.1) is 11.3 Å². The van der Waals surface area contributed by atoms with Crippen molar-refractivity contribution >= 4 is 27.4 Å². The van der Waals surface area contributed by atoms with Crippen molar-refractivity contribution < 1.29 is 0 Å². The first kappa shape index (κ1) is 17.2. The SMILES string of the molecule is c1cnc(Cc2cc(-c3nc(NC4CCCC4)c4sccc4n3)ccn2)cn1. The third kappa shape index (κ3) is 3.57. The van der Waals surface area contributed by atoms with E-state index in [0.717, 1.165) is 38.8 Å². The van der Waals surface area contributed by atoms with Crippen molar-refractivity contribution in [3.05, 3.63) is 59.8 Å². The minimum atomic E-state index is 0.512. The molecule has 1 saturated carbocycles. The number of thiophene rings is 1. The smallest absolute Gasteiger partial charge is 0.162 e. The number of nitrogens with zero attached hydrogens (tertiary/aromatic N) is 5. The molecular formula is C21H20N6S. The molecule has 6 nitrogen and oxygen atoms in total. The van der Waals surface area contributed by atoms with E-state index in [2.05, 4.69) is 31.7 Å². The van der Waals surface area contributed by atoms with Crippen LogP contribution in [0.5, 0.6) is 0 Å². The second-order valence-corrected chi connectivity index (χ2v) is 7.98. The van der Waals surface area contributed by atoms with Crippen LogP contribution in [0.2, 0.25) is 0 Å². The predicted molar refractivity (Wildman–Crippen MR) is 111 cm³/mol. The molecule has 1 aliphatic rings. The maximum absolute atomic E-state index is 4.89. The first-order chi connectivity index (χ1) is 13.8. The number of fused-ring (bicyclic) bond motifs is 1. The summed E-state index contributed by atoms with van der Waals surface area (Å²) in [6.45, 7) is 0. The summed E-state index contributed by atoms with van der Waals surface area (Å²) >= 11 is 1.69. The highest BCUT2D eigenvalue weighted by atomic mass is 32.1. The van der Waals surface area contributed by atoms with Crippen LogP contribution in [0.4, 0.5) is 5.82 Å². The van der Waals surface area contributed by atoms with Gasteiger partial charge in [0.05, 0.1) is 15.9 Å². The van der Waals surface area contributed by atoms with Gasteiger partial charge in [0.25, 0.3) is 0 Å². The van der Waals surface area contributed by atoms with Crippen LogP contribution in [0, 0.1) is 0 Å². The van der Waals surface area contributed by atoms with Crippen molar-refractivity contribution in [3.63, 3.8) is 0 Å². The van der Waals surface area contributed by atoms with Crippen molar-refractivity contribution in [3.8, 4) is 11.4 Å². The van der Waals surface area contributed by atoms with Crippen LogP contribution in [0.25, 0.3) is 21.6 Å². The molecule has 0 aliphatic heterocycles. The fraction of sp³-hybridized carbons (Fsp3) is 0.286. The molecule has 28 heavy (non-hydrogen) atoms. The summed E-state index contributed by atoms with van der Waals surface area (Å²) in [5, 5.41) is 5.74. The Bertz CT molecular complexity index is 1090. The Kier molecular flexibility index (Phi) is 4.66. The van der Waals surface area contributed by atoms with Gasteiger partial charge in [0, 0.05) is 48.5 Å². The summed E-state index contributed by atoms with van der Waals surface area (Å²) < 4.78 is 1.13. The highest BCUT2D eigenvalue weighted by Gasteiger charge is 2.18. The summed E-state index contributed by atoms with van der Waals surface area (Å²) in [5.74, 6) is 1.68. The molecule has 0 radical (unpaired) electrons. The van der Waals surface area contributed by atoms with E-state index in [9.17, 15) is 0 Å². The van der Waals surface area contributed by atoms with Gasteiger partial charge in [-0.25, -0.2) is 9.97 Å². The Labute approximate surface area is 167 Å². The zero-order valence-electron chi connectivity index (χ0n) is 15.4. The average molecular weight is 388 g/mol. The Hall–Kier alpha value is -2.93. The highest BCUT2D eigenvalue weighted by molar-refractivity contribution is 7.17. The van der Waals surface area contributed by atoms with E-state index in [1.54, 1.807) is 29.9 Å². The van der Waals surface area contributed by atoms with Gasteiger partial charge in [-0.2, -0.15) is 0 Å². The van der Waals surface area contributed by atoms with Crippen LogP contribution in [-0.4, -0.2) is 31.0 Å². The van der Waals surface area contributed by atoms with E-state index in [1.807, 2.05) is 18.3 Å². The fourth-order valence-electron chi connectivity index (χ4n) is 3.67. The van der Waals surface area contributed by atoms with Crippen LogP contribution in [0.3, 0.4) is 0 Å². The lowest BCUT2D eigenvalue weighted by molar-refractivity contribution is 0.752. The molecule has 0 spiro atoms. The van der Waals surface area contributed by atoms with E-state index in [1.165, 1.54) is 25.7 Å². The number of rotatable bonds is 5. The first-order valence-corrected chi connectivity index (χ1v) is 10.4. The van der Waals surface area contributed by atoms with Crippen LogP contribution < -0.4 is 5.32 Å². The summed E-state index contributed by atoms with van der Waals surface area (Å²) in [6.07, 6.45) is 12.6. The van der Waals surface area contributed by atoms with Gasteiger partial charge in [0.2, 0.25) is 0 Å². The Morgan fingerprint density at radius 3 is 2.75 bits per heavy atom. The first-order valence-electron chi connectivity index (χ1n) is 9.57. The molecule has 0 atom stereocenters. The minimum Gasteiger partial charge on any atom is -0.366 e. The lowest BCUT2D eigenvalue weighted by Gasteiger charge is -2.14. The second kappa shape index (κ2) is 7.59. The Morgan fingerprint density at radius 1 is 1.00 bits per heavy atom. The van der Waals surface area contributed by atoms with E-state index in [4.69, 9.17) is 9.97 Å². The number of pyridine rings is 1. The van der Waals surface area contributed by atoms with Crippen LogP contribution in [0.1, 0.15) is 37.1 Å². The maximum Gasteiger partial charge on any atom is 0.162 e. The summed E-state index contributed by atoms with van der Waals surface area (Å²) in [6, 6.07) is 6.58. The zero-order chi connectivity index (χ0) is 18.8. The molecule has 4 aromatic heterocycles. The van der Waals surface area contributed by atoms with Gasteiger partial charge in [-0.05, 0) is 36.4 Å². The fourth-order valence-corrected chi connectivity index (χ4v) is 4.46. The number of anilines is 1. The molecule has 1 N–H and O–H groups in total. The van der Waals surface area contributed by atoms with Crippen molar-refractivity contribution in [1.29, 1.82) is 0 Å². The molecule has 1 fully saturated rings. The lowest BCUT2D eigenvalue weighted by Crippen LogP contribution is -2.16. The van der Waals surface area contributed by atoms with E-state index in [-0.39, 0.29) is 0 Å². The van der Waals surface area contributed by atoms with Crippen LogP contribution in [0.15, 0.2) is 48.4 Å². The van der Waals surface area contributed by atoms with Gasteiger partial charge in [0.1, 0.15) is 5.82 Å². The topological polar surface area (TPSA) is 76.5 Å². The molecule has 7 heteroatoms. The molecule has 5 rings (SSSR count). The average Bonchev–Trinajstić information content (AvgIpc) is 3.41. The second-order valence-electron chi connectivity index (χ2n) is 7.07. The van der Waals surface area contributed by atoms with Crippen molar-refractivity contribution in [1.82, 2.24) is 24.9 Å². The normalized spacial score (nSPS) is 14.6. The van der Waals surface area contributed by atoms with Gasteiger partial charge >= 0.3 is 0 Å². The minimum absolute atomic E-state index is 0.512. The van der Waals surface area contributed by atoms with Crippen LogP contribution >= 0.6 is 11.3 Å². The largest absolute Gasteiger partial charge is 0.366 e. The van der Waals surface area contributed by atoms with Gasteiger partial charge in [-0.3, -0.25) is 15.0 Å².